The molecule has 2 rings (SSSR count). The highest BCUT2D eigenvalue weighted by Crippen LogP contribution is 2.17. The molecule has 0 fully saturated rings. The molecule has 0 bridgehead atoms. The van der Waals surface area contributed by atoms with E-state index in [4.69, 9.17) is 11.5 Å². The standard InChI is InChI=1S/C83H149N13O8/c1-8-12-16-20-24-28-32-42-55-90(66-76(85)97)78(99)68-91(56-43-33-29-25-21-17-13-9-2)79(100)69-92(57-44-34-30-26-22-18-14-10-3)80(101)70-93(58-45-35-31-27-23-19-15-11-4)81(102)71-94(59-50-74-46-38-36-39-47-74)82(103)72-95(60-51-75-48-40-37-41-49-75)83(104)73-96(61-52-84)77(98)67-88(7)64-65-89(62-53-86-5)63-54-87-6/h36-41,46-49,86-87H,8-35,42-45,50-73,84H2,1-7H3,(H2,85,97). The van der Waals surface area contributed by atoms with Crippen LogP contribution in [0.2, 0.25) is 0 Å². The zero-order valence-corrected chi connectivity index (χ0v) is 66.8. The van der Waals surface area contributed by atoms with Crippen LogP contribution >= 0.6 is 0 Å². The predicted molar refractivity (Wildman–Crippen MR) is 427 cm³/mol. The average Bonchev–Trinajstić information content (AvgIpc) is 0.862. The van der Waals surface area contributed by atoms with Crippen molar-refractivity contribution in [3.63, 3.8) is 0 Å². The van der Waals surface area contributed by atoms with Gasteiger partial charge >= 0.3 is 0 Å². The third-order valence-corrected chi connectivity index (χ3v) is 19.9. The lowest BCUT2D eigenvalue weighted by Gasteiger charge is -2.33. The number of nitrogens with zero attached hydrogens (tertiary/aromatic N) is 9. The summed E-state index contributed by atoms with van der Waals surface area (Å²) in [4.78, 5) is 132. The van der Waals surface area contributed by atoms with E-state index in [0.717, 1.165) is 166 Å². The summed E-state index contributed by atoms with van der Waals surface area (Å²) in [5.74, 6) is -3.28. The Bertz CT molecular complexity index is 2530. The number of nitrogens with one attached hydrogen (secondary N) is 2. The Morgan fingerprint density at radius 1 is 0.298 bits per heavy atom. The van der Waals surface area contributed by atoms with Gasteiger partial charge in [0.05, 0.1) is 52.4 Å². The highest BCUT2D eigenvalue weighted by Gasteiger charge is 2.31. The number of amides is 8. The summed E-state index contributed by atoms with van der Waals surface area (Å²) in [5.41, 5.74) is 13.8. The number of benzene rings is 2. The van der Waals surface area contributed by atoms with E-state index in [0.29, 0.717) is 58.2 Å². The monoisotopic (exact) mass is 1460 g/mol. The molecule has 8 amide bonds. The molecule has 2 aromatic carbocycles. The van der Waals surface area contributed by atoms with Crippen molar-refractivity contribution in [1.82, 2.24) is 54.7 Å². The molecule has 0 saturated heterocycles. The fourth-order valence-corrected chi connectivity index (χ4v) is 13.1. The number of likely N-dealkylation sites (N-methyl/N-ethyl adjacent to an activating group) is 3. The minimum Gasteiger partial charge on any atom is -0.368 e. The molecule has 0 aliphatic carbocycles. The minimum atomic E-state index is -0.615. The first-order valence-electron chi connectivity index (χ1n) is 41.2. The van der Waals surface area contributed by atoms with E-state index in [9.17, 15) is 19.2 Å². The van der Waals surface area contributed by atoms with Crippen LogP contribution in [-0.2, 0) is 51.2 Å². The van der Waals surface area contributed by atoms with Crippen LogP contribution in [0.1, 0.15) is 244 Å². The lowest BCUT2D eigenvalue weighted by Crippen LogP contribution is -2.53. The third-order valence-electron chi connectivity index (χ3n) is 19.9. The van der Waals surface area contributed by atoms with Gasteiger partial charge in [-0.1, -0.05) is 268 Å². The first kappa shape index (κ1) is 94.1. The molecule has 6 N–H and O–H groups in total. The average molecular weight is 1460 g/mol. The van der Waals surface area contributed by atoms with Crippen LogP contribution in [0.25, 0.3) is 0 Å². The molecule has 104 heavy (non-hydrogen) atoms. The molecule has 594 valence electrons. The molecule has 21 nitrogen and oxygen atoms in total. The van der Waals surface area contributed by atoms with Gasteiger partial charge in [-0.15, -0.1) is 0 Å². The van der Waals surface area contributed by atoms with Gasteiger partial charge in [0, 0.05) is 91.6 Å². The molecular formula is C83H149N13O8. The first-order valence-corrected chi connectivity index (χ1v) is 41.2. The lowest BCUT2D eigenvalue weighted by atomic mass is 10.1. The largest absolute Gasteiger partial charge is 0.368 e. The van der Waals surface area contributed by atoms with Gasteiger partial charge in [-0.05, 0) is 70.8 Å². The highest BCUT2D eigenvalue weighted by molar-refractivity contribution is 5.93. The van der Waals surface area contributed by atoms with Crippen LogP contribution in [-0.4, -0.2) is 256 Å². The maximum absolute atomic E-state index is 15.4. The quantitative estimate of drug-likeness (QED) is 0.0451. The topological polar surface area (TPSA) is 242 Å². The second kappa shape index (κ2) is 63.1. The van der Waals surface area contributed by atoms with Gasteiger partial charge in [-0.2, -0.15) is 0 Å². The predicted octanol–water partition coefficient (Wildman–Crippen LogP) is 11.0. The molecule has 21 heteroatoms. The second-order valence-electron chi connectivity index (χ2n) is 29.1. The zero-order valence-electron chi connectivity index (χ0n) is 66.8. The minimum absolute atomic E-state index is 0.0690. The van der Waals surface area contributed by atoms with Crippen molar-refractivity contribution < 1.29 is 38.4 Å². The number of carbonyl (C=O) groups is 8. The summed E-state index contributed by atoms with van der Waals surface area (Å²) < 4.78 is 0. The van der Waals surface area contributed by atoms with Crippen LogP contribution in [0.4, 0.5) is 0 Å². The Kier molecular flexibility index (Phi) is 57.1. The maximum Gasteiger partial charge on any atom is 0.242 e. The number of carbonyl (C=O) groups excluding carboxylic acids is 8. The summed E-state index contributed by atoms with van der Waals surface area (Å²) >= 11 is 0. The van der Waals surface area contributed by atoms with Crippen molar-refractivity contribution in [2.24, 2.45) is 11.5 Å². The molecule has 0 saturated carbocycles. The number of primary amides is 1. The van der Waals surface area contributed by atoms with Gasteiger partial charge in [0.15, 0.2) is 0 Å². The summed E-state index contributed by atoms with van der Waals surface area (Å²) in [5, 5.41) is 6.44. The molecule has 0 unspecified atom stereocenters. The van der Waals surface area contributed by atoms with Gasteiger partial charge < -0.3 is 56.4 Å². The number of hydrogen-bond acceptors (Lipinski definition) is 13. The molecule has 2 aromatic rings. The number of hydrogen-bond donors (Lipinski definition) is 4. The van der Waals surface area contributed by atoms with Gasteiger partial charge in [-0.3, -0.25) is 48.2 Å². The van der Waals surface area contributed by atoms with Crippen LogP contribution in [0, 0.1) is 0 Å². The molecule has 0 aliphatic heterocycles. The van der Waals surface area contributed by atoms with Crippen LogP contribution in [0.3, 0.4) is 0 Å². The summed E-state index contributed by atoms with van der Waals surface area (Å²) in [7, 11) is 5.76. The molecule has 0 radical (unpaired) electrons. The van der Waals surface area contributed by atoms with E-state index in [1.165, 1.54) is 77.4 Å². The van der Waals surface area contributed by atoms with Crippen molar-refractivity contribution in [2.75, 3.05) is 165 Å². The van der Waals surface area contributed by atoms with Crippen molar-refractivity contribution in [3.8, 4) is 0 Å². The van der Waals surface area contributed by atoms with E-state index >= 15 is 19.2 Å². The fourth-order valence-electron chi connectivity index (χ4n) is 13.1. The Morgan fingerprint density at radius 3 is 0.817 bits per heavy atom. The summed E-state index contributed by atoms with van der Waals surface area (Å²) in [6.07, 6.45) is 34.0. The van der Waals surface area contributed by atoms with Crippen LogP contribution < -0.4 is 22.1 Å². The Hall–Kier alpha value is -6.00. The highest BCUT2D eigenvalue weighted by atomic mass is 16.2. The van der Waals surface area contributed by atoms with E-state index < -0.39 is 29.5 Å². The van der Waals surface area contributed by atoms with Crippen molar-refractivity contribution in [3.05, 3.63) is 71.8 Å². The van der Waals surface area contributed by atoms with Crippen LogP contribution in [0.5, 0.6) is 0 Å². The van der Waals surface area contributed by atoms with Crippen molar-refractivity contribution in [1.29, 1.82) is 0 Å². The molecule has 0 aliphatic rings. The number of rotatable bonds is 69. The normalized spacial score (nSPS) is 11.3. The zero-order chi connectivity index (χ0) is 76.1. The van der Waals surface area contributed by atoms with Gasteiger partial charge in [0.2, 0.25) is 47.3 Å². The van der Waals surface area contributed by atoms with Gasteiger partial charge in [0.25, 0.3) is 0 Å². The van der Waals surface area contributed by atoms with E-state index in [2.05, 4.69) is 43.2 Å². The number of unbranched alkanes of at least 4 members (excludes halogenated alkanes) is 28. The molecule has 0 atom stereocenters. The smallest absolute Gasteiger partial charge is 0.242 e. The van der Waals surface area contributed by atoms with Gasteiger partial charge in [-0.25, -0.2) is 0 Å². The van der Waals surface area contributed by atoms with E-state index in [1.54, 1.807) is 14.7 Å². The van der Waals surface area contributed by atoms with Crippen molar-refractivity contribution in [2.45, 2.75) is 246 Å². The second-order valence-corrected chi connectivity index (χ2v) is 29.1. The first-order chi connectivity index (χ1) is 50.5. The summed E-state index contributed by atoms with van der Waals surface area (Å²) in [6, 6.07) is 19.5. The fraction of sp³-hybridized carbons (Fsp3) is 0.759. The van der Waals surface area contributed by atoms with Gasteiger partial charge in [0.1, 0.15) is 0 Å². The SMILES string of the molecule is CCCCCCCCCCN(CC(N)=O)C(=O)CN(CCCCCCCCCC)C(=O)CN(CCCCCCCCCC)C(=O)CN(CCCCCCCCCC)C(=O)CN(CCc1ccccc1)C(=O)CN(CCc1ccccc1)C(=O)CN(CCN)C(=O)CN(C)CCN(CCNC)CCNC. The lowest BCUT2D eigenvalue weighted by molar-refractivity contribution is -0.148. The van der Waals surface area contributed by atoms with E-state index in [-0.39, 0.29) is 109 Å². The van der Waals surface area contributed by atoms with E-state index in [1.807, 2.05) is 86.7 Å². The number of nitrogens with two attached hydrogens (primary N) is 2. The van der Waals surface area contributed by atoms with Crippen LogP contribution in [0.15, 0.2) is 60.7 Å². The summed E-state index contributed by atoms with van der Waals surface area (Å²) in [6.45, 7) is 13.3. The Labute approximate surface area is 631 Å². The molecular weight excluding hydrogens is 1310 g/mol. The molecule has 0 aromatic heterocycles. The van der Waals surface area contributed by atoms with Crippen molar-refractivity contribution >= 4 is 47.3 Å². The Balaban J connectivity index is 2.68. The molecule has 0 heterocycles. The molecule has 0 spiro atoms. The Morgan fingerprint density at radius 2 is 0.548 bits per heavy atom. The third kappa shape index (κ3) is 46.8. The maximum atomic E-state index is 15.4.